The molecule has 0 saturated carbocycles. The van der Waals surface area contributed by atoms with Gasteiger partial charge >= 0.3 is 0 Å². The molecule has 0 aliphatic heterocycles. The Kier molecular flexibility index (Phi) is 5.63. The highest BCUT2D eigenvalue weighted by Crippen LogP contribution is 2.07. The molecule has 86 valence electrons. The number of hydrogen-bond donors (Lipinski definition) is 1. The van der Waals surface area contributed by atoms with Crippen LogP contribution < -0.4 is 4.72 Å². The second kappa shape index (κ2) is 5.68. The van der Waals surface area contributed by atoms with E-state index in [0.29, 0.717) is 5.92 Å². The Labute approximate surface area is 87.9 Å². The minimum Gasteiger partial charge on any atom is -0.199 e. The molecular weight excluding hydrogens is 200 g/mol. The van der Waals surface area contributed by atoms with E-state index in [1.54, 1.807) is 0 Å². The minimum absolute atomic E-state index is 0.00444. The molecule has 0 aromatic rings. The molecule has 0 spiro atoms. The lowest BCUT2D eigenvalue weighted by atomic mass is 10.1. The van der Waals surface area contributed by atoms with Gasteiger partial charge in [-0.25, -0.2) is 0 Å². The molecular formula is C9H22N2O2S. The third-order valence-corrected chi connectivity index (χ3v) is 3.67. The zero-order valence-corrected chi connectivity index (χ0v) is 10.6. The highest BCUT2D eigenvalue weighted by molar-refractivity contribution is 7.87. The molecule has 0 aromatic carbocycles. The van der Waals surface area contributed by atoms with Crippen molar-refractivity contribution in [2.75, 3.05) is 14.1 Å². The van der Waals surface area contributed by atoms with E-state index in [2.05, 4.69) is 18.6 Å². The second-order valence-corrected chi connectivity index (χ2v) is 6.19. The highest BCUT2D eigenvalue weighted by atomic mass is 32.2. The van der Waals surface area contributed by atoms with E-state index in [0.717, 1.165) is 12.8 Å². The molecule has 1 unspecified atom stereocenters. The van der Waals surface area contributed by atoms with Crippen LogP contribution in [0.5, 0.6) is 0 Å². The first-order valence-electron chi connectivity index (χ1n) is 4.95. The molecule has 0 aliphatic carbocycles. The fourth-order valence-corrected chi connectivity index (χ4v) is 1.84. The summed E-state index contributed by atoms with van der Waals surface area (Å²) in [7, 11) is -0.211. The van der Waals surface area contributed by atoms with Gasteiger partial charge in [-0.1, -0.05) is 13.8 Å². The van der Waals surface area contributed by atoms with Crippen molar-refractivity contribution in [3.05, 3.63) is 0 Å². The van der Waals surface area contributed by atoms with E-state index in [1.165, 1.54) is 18.4 Å². The van der Waals surface area contributed by atoms with E-state index >= 15 is 0 Å². The van der Waals surface area contributed by atoms with Crippen LogP contribution in [0.15, 0.2) is 0 Å². The van der Waals surface area contributed by atoms with Crippen LogP contribution in [0.3, 0.4) is 0 Å². The molecule has 0 heterocycles. The topological polar surface area (TPSA) is 49.4 Å². The van der Waals surface area contributed by atoms with Gasteiger partial charge in [-0.3, -0.25) is 0 Å². The number of nitrogens with zero attached hydrogens (tertiary/aromatic N) is 1. The van der Waals surface area contributed by atoms with Crippen molar-refractivity contribution in [3.63, 3.8) is 0 Å². The van der Waals surface area contributed by atoms with Crippen LogP contribution in [-0.2, 0) is 10.2 Å². The average molecular weight is 222 g/mol. The first-order valence-corrected chi connectivity index (χ1v) is 6.39. The Hall–Kier alpha value is -0.130. The first-order chi connectivity index (χ1) is 6.25. The molecule has 1 atom stereocenters. The van der Waals surface area contributed by atoms with Gasteiger partial charge in [0.15, 0.2) is 0 Å². The van der Waals surface area contributed by atoms with Gasteiger partial charge < -0.3 is 0 Å². The van der Waals surface area contributed by atoms with Crippen molar-refractivity contribution in [2.45, 2.75) is 39.7 Å². The van der Waals surface area contributed by atoms with Gasteiger partial charge in [-0.15, -0.1) is 0 Å². The highest BCUT2D eigenvalue weighted by Gasteiger charge is 2.16. The monoisotopic (exact) mass is 222 g/mol. The maximum atomic E-state index is 11.4. The molecule has 0 bridgehead atoms. The third kappa shape index (κ3) is 5.57. The quantitative estimate of drug-likeness (QED) is 0.734. The van der Waals surface area contributed by atoms with E-state index < -0.39 is 10.2 Å². The lowest BCUT2D eigenvalue weighted by Crippen LogP contribution is -2.40. The van der Waals surface area contributed by atoms with Crippen molar-refractivity contribution < 1.29 is 8.42 Å². The fraction of sp³-hybridized carbons (Fsp3) is 1.00. The van der Waals surface area contributed by atoms with E-state index in [9.17, 15) is 8.42 Å². The predicted molar refractivity (Wildman–Crippen MR) is 59.3 cm³/mol. The molecule has 0 amide bonds. The van der Waals surface area contributed by atoms with Crippen molar-refractivity contribution in [1.82, 2.24) is 9.03 Å². The fourth-order valence-electron chi connectivity index (χ4n) is 1.00. The summed E-state index contributed by atoms with van der Waals surface area (Å²) in [6.45, 7) is 6.16. The van der Waals surface area contributed by atoms with Crippen molar-refractivity contribution in [1.29, 1.82) is 0 Å². The lowest BCUT2D eigenvalue weighted by molar-refractivity contribution is 0.460. The van der Waals surface area contributed by atoms with Gasteiger partial charge in [-0.05, 0) is 25.7 Å². The van der Waals surface area contributed by atoms with Crippen molar-refractivity contribution in [2.24, 2.45) is 5.92 Å². The molecule has 14 heavy (non-hydrogen) atoms. The summed E-state index contributed by atoms with van der Waals surface area (Å²) in [5.74, 6) is 0.612. The van der Waals surface area contributed by atoms with E-state index in [1.807, 2.05) is 6.92 Å². The van der Waals surface area contributed by atoms with Crippen LogP contribution in [0.4, 0.5) is 0 Å². The van der Waals surface area contributed by atoms with Crippen molar-refractivity contribution >= 4 is 10.2 Å². The summed E-state index contributed by atoms with van der Waals surface area (Å²) in [6.07, 6.45) is 1.92. The Morgan fingerprint density at radius 1 is 1.14 bits per heavy atom. The summed E-state index contributed by atoms with van der Waals surface area (Å²) in [6, 6.07) is 0.00444. The van der Waals surface area contributed by atoms with Gasteiger partial charge in [0.25, 0.3) is 10.2 Å². The Morgan fingerprint density at radius 3 is 2.00 bits per heavy atom. The third-order valence-electron chi connectivity index (χ3n) is 2.01. The smallest absolute Gasteiger partial charge is 0.199 e. The van der Waals surface area contributed by atoms with E-state index in [4.69, 9.17) is 0 Å². The Balaban J connectivity index is 4.00. The SMILES string of the molecule is CC(C)CCC(C)NS(=O)(=O)N(C)C. The molecule has 5 heteroatoms. The summed E-state index contributed by atoms with van der Waals surface area (Å²) >= 11 is 0. The van der Waals surface area contributed by atoms with Crippen molar-refractivity contribution in [3.8, 4) is 0 Å². The zero-order chi connectivity index (χ0) is 11.4. The number of rotatable bonds is 6. The summed E-state index contributed by atoms with van der Waals surface area (Å²) in [5, 5.41) is 0. The molecule has 0 fully saturated rings. The molecule has 0 aliphatic rings. The van der Waals surface area contributed by atoms with Crippen LogP contribution in [0.25, 0.3) is 0 Å². The minimum atomic E-state index is -3.26. The zero-order valence-electron chi connectivity index (χ0n) is 9.74. The van der Waals surface area contributed by atoms with Gasteiger partial charge in [0.1, 0.15) is 0 Å². The van der Waals surface area contributed by atoms with Gasteiger partial charge in [-0.2, -0.15) is 17.4 Å². The van der Waals surface area contributed by atoms with Crippen LogP contribution in [0.2, 0.25) is 0 Å². The molecule has 0 saturated heterocycles. The van der Waals surface area contributed by atoms with Gasteiger partial charge in [0.05, 0.1) is 0 Å². The number of nitrogens with one attached hydrogen (secondary N) is 1. The van der Waals surface area contributed by atoms with E-state index in [-0.39, 0.29) is 6.04 Å². The standard InChI is InChI=1S/C9H22N2O2S/c1-8(2)6-7-9(3)10-14(12,13)11(4)5/h8-10H,6-7H2,1-5H3. The molecule has 1 N–H and O–H groups in total. The first kappa shape index (κ1) is 13.9. The van der Waals surface area contributed by atoms with Gasteiger partial charge in [0.2, 0.25) is 0 Å². The Bertz CT molecular complexity index is 248. The van der Waals surface area contributed by atoms with Crippen LogP contribution in [0, 0.1) is 5.92 Å². The summed E-state index contributed by atoms with van der Waals surface area (Å²) in [4.78, 5) is 0. The molecule has 0 radical (unpaired) electrons. The van der Waals surface area contributed by atoms with Crippen LogP contribution >= 0.6 is 0 Å². The number of hydrogen-bond acceptors (Lipinski definition) is 2. The normalized spacial score (nSPS) is 15.1. The Morgan fingerprint density at radius 2 is 1.64 bits per heavy atom. The summed E-state index contributed by atoms with van der Waals surface area (Å²) in [5.41, 5.74) is 0. The van der Waals surface area contributed by atoms with Crippen LogP contribution in [0.1, 0.15) is 33.6 Å². The maximum absolute atomic E-state index is 11.4. The average Bonchev–Trinajstić information content (AvgIpc) is 1.99. The lowest BCUT2D eigenvalue weighted by Gasteiger charge is -2.18. The summed E-state index contributed by atoms with van der Waals surface area (Å²) < 4.78 is 26.6. The predicted octanol–water partition coefficient (Wildman–Crippen LogP) is 1.21. The molecule has 0 rings (SSSR count). The van der Waals surface area contributed by atoms with Gasteiger partial charge in [0, 0.05) is 20.1 Å². The molecule has 0 aromatic heterocycles. The largest absolute Gasteiger partial charge is 0.279 e. The second-order valence-electron chi connectivity index (χ2n) is 4.28. The maximum Gasteiger partial charge on any atom is 0.279 e. The van der Waals surface area contributed by atoms with Crippen LogP contribution in [-0.4, -0.2) is 32.9 Å². The molecule has 4 nitrogen and oxygen atoms in total.